The van der Waals surface area contributed by atoms with Crippen molar-refractivity contribution < 1.29 is 19.4 Å². The second-order valence-electron chi connectivity index (χ2n) is 3.29. The molecule has 1 heterocycles. The molecule has 1 aliphatic heterocycles. The van der Waals surface area contributed by atoms with Crippen molar-refractivity contribution in [3.63, 3.8) is 0 Å². The summed E-state index contributed by atoms with van der Waals surface area (Å²) in [5, 5.41) is 8.88. The molecule has 0 aromatic rings. The van der Waals surface area contributed by atoms with Crippen LogP contribution in [0.25, 0.3) is 0 Å². The molecule has 1 spiro atoms. The van der Waals surface area contributed by atoms with Gasteiger partial charge in [-0.05, 0) is 12.8 Å². The van der Waals surface area contributed by atoms with Gasteiger partial charge in [-0.3, -0.25) is 4.79 Å². The highest BCUT2D eigenvalue weighted by Crippen LogP contribution is 2.42. The summed E-state index contributed by atoms with van der Waals surface area (Å²) < 4.78 is 10.7. The molecule has 0 radical (unpaired) electrons. The number of hydrogen-bond acceptors (Lipinski definition) is 3. The third-order valence-electron chi connectivity index (χ3n) is 2.62. The summed E-state index contributed by atoms with van der Waals surface area (Å²) >= 11 is 0. The van der Waals surface area contributed by atoms with Crippen LogP contribution in [0.15, 0.2) is 0 Å². The fraction of sp³-hybridized carbons (Fsp3) is 0.875. The van der Waals surface area contributed by atoms with Gasteiger partial charge in [-0.1, -0.05) is 0 Å². The summed E-state index contributed by atoms with van der Waals surface area (Å²) in [5.41, 5.74) is 0. The summed E-state index contributed by atoms with van der Waals surface area (Å²) in [4.78, 5) is 10.8. The van der Waals surface area contributed by atoms with Crippen LogP contribution in [0.3, 0.4) is 0 Å². The van der Waals surface area contributed by atoms with E-state index >= 15 is 0 Å². The van der Waals surface area contributed by atoms with Gasteiger partial charge in [0, 0.05) is 6.42 Å². The second-order valence-corrected chi connectivity index (χ2v) is 3.29. The molecule has 0 amide bonds. The molecule has 0 aromatic carbocycles. The molecule has 0 aromatic heterocycles. The molecule has 1 aliphatic carbocycles. The van der Waals surface area contributed by atoms with Gasteiger partial charge in [0.15, 0.2) is 5.79 Å². The molecule has 4 heteroatoms. The number of ether oxygens (including phenoxy) is 2. The van der Waals surface area contributed by atoms with Crippen molar-refractivity contribution in [2.75, 3.05) is 13.2 Å². The molecule has 12 heavy (non-hydrogen) atoms. The Bertz CT molecular complexity index is 190. The summed E-state index contributed by atoms with van der Waals surface area (Å²) in [5.74, 6) is -2.03. The Morgan fingerprint density at radius 1 is 1.42 bits per heavy atom. The first-order valence-electron chi connectivity index (χ1n) is 4.25. The van der Waals surface area contributed by atoms with E-state index in [2.05, 4.69) is 0 Å². The van der Waals surface area contributed by atoms with Gasteiger partial charge in [0.1, 0.15) is 5.92 Å². The van der Waals surface area contributed by atoms with Gasteiger partial charge in [-0.2, -0.15) is 0 Å². The predicted molar refractivity (Wildman–Crippen MR) is 39.6 cm³/mol. The molecule has 1 N–H and O–H groups in total. The molecule has 4 nitrogen and oxygen atoms in total. The maximum Gasteiger partial charge on any atom is 0.311 e. The summed E-state index contributed by atoms with van der Waals surface area (Å²) in [6, 6.07) is 0. The lowest BCUT2D eigenvalue weighted by Gasteiger charge is -2.26. The molecule has 2 rings (SSSR count). The van der Waals surface area contributed by atoms with Crippen LogP contribution >= 0.6 is 0 Å². The average molecular weight is 172 g/mol. The van der Waals surface area contributed by atoms with Crippen molar-refractivity contribution in [1.29, 1.82) is 0 Å². The van der Waals surface area contributed by atoms with Crippen LogP contribution in [0.2, 0.25) is 0 Å². The Balaban J connectivity index is 2.17. The lowest BCUT2D eigenvalue weighted by Crippen LogP contribution is -2.38. The van der Waals surface area contributed by atoms with Crippen molar-refractivity contribution in [2.45, 2.75) is 25.0 Å². The number of carboxylic acid groups (broad SMARTS) is 1. The Morgan fingerprint density at radius 3 is 2.67 bits per heavy atom. The third kappa shape index (κ3) is 1.03. The first kappa shape index (κ1) is 8.01. The number of carboxylic acids is 1. The van der Waals surface area contributed by atoms with Gasteiger partial charge in [-0.25, -0.2) is 0 Å². The van der Waals surface area contributed by atoms with E-state index in [4.69, 9.17) is 14.6 Å². The van der Waals surface area contributed by atoms with Crippen LogP contribution < -0.4 is 0 Å². The van der Waals surface area contributed by atoms with E-state index in [1.54, 1.807) is 0 Å². The molecule has 1 saturated heterocycles. The van der Waals surface area contributed by atoms with Crippen molar-refractivity contribution >= 4 is 5.97 Å². The van der Waals surface area contributed by atoms with Crippen molar-refractivity contribution in [3.05, 3.63) is 0 Å². The SMILES string of the molecule is O=C(O)C1CCCC12OCCO2. The van der Waals surface area contributed by atoms with E-state index in [-0.39, 0.29) is 0 Å². The minimum absolute atomic E-state index is 0.458. The van der Waals surface area contributed by atoms with E-state index in [0.717, 1.165) is 12.8 Å². The second kappa shape index (κ2) is 2.71. The van der Waals surface area contributed by atoms with Crippen molar-refractivity contribution in [1.82, 2.24) is 0 Å². The Kier molecular flexibility index (Phi) is 1.81. The number of aliphatic carboxylic acids is 1. The van der Waals surface area contributed by atoms with Crippen LogP contribution in [0.5, 0.6) is 0 Å². The summed E-state index contributed by atoms with van der Waals surface area (Å²) in [6.45, 7) is 1.06. The Hall–Kier alpha value is -0.610. The summed E-state index contributed by atoms with van der Waals surface area (Å²) in [7, 11) is 0. The van der Waals surface area contributed by atoms with Crippen LogP contribution in [0.1, 0.15) is 19.3 Å². The zero-order valence-corrected chi connectivity index (χ0v) is 6.78. The van der Waals surface area contributed by atoms with E-state index in [1.807, 2.05) is 0 Å². The largest absolute Gasteiger partial charge is 0.481 e. The van der Waals surface area contributed by atoms with Crippen molar-refractivity contribution in [3.8, 4) is 0 Å². The minimum Gasteiger partial charge on any atom is -0.481 e. The Morgan fingerprint density at radius 2 is 2.08 bits per heavy atom. The van der Waals surface area contributed by atoms with Gasteiger partial charge >= 0.3 is 5.97 Å². The van der Waals surface area contributed by atoms with Gasteiger partial charge in [-0.15, -0.1) is 0 Å². The molecule has 1 unspecified atom stereocenters. The standard InChI is InChI=1S/C8H12O4/c9-7(10)6-2-1-3-8(6)11-4-5-12-8/h6H,1-5H2,(H,9,10). The lowest BCUT2D eigenvalue weighted by atomic mass is 10.0. The van der Waals surface area contributed by atoms with Gasteiger partial charge in [0.05, 0.1) is 13.2 Å². The number of carbonyl (C=O) groups is 1. The first-order valence-corrected chi connectivity index (χ1v) is 4.25. The fourth-order valence-corrected chi connectivity index (χ4v) is 2.07. The van der Waals surface area contributed by atoms with Gasteiger partial charge in [0.25, 0.3) is 0 Å². The van der Waals surface area contributed by atoms with E-state index < -0.39 is 17.7 Å². The van der Waals surface area contributed by atoms with E-state index in [0.29, 0.717) is 19.6 Å². The number of rotatable bonds is 1. The van der Waals surface area contributed by atoms with Crippen molar-refractivity contribution in [2.24, 2.45) is 5.92 Å². The maximum absolute atomic E-state index is 10.8. The van der Waals surface area contributed by atoms with Crippen LogP contribution in [0.4, 0.5) is 0 Å². The fourth-order valence-electron chi connectivity index (χ4n) is 2.07. The molecule has 1 atom stereocenters. The quantitative estimate of drug-likeness (QED) is 0.629. The smallest absolute Gasteiger partial charge is 0.311 e. The number of hydrogen-bond donors (Lipinski definition) is 1. The zero-order chi connectivity index (χ0) is 8.60. The maximum atomic E-state index is 10.8. The predicted octanol–water partition coefficient (Wildman–Crippen LogP) is 0.614. The molecule has 68 valence electrons. The molecular weight excluding hydrogens is 160 g/mol. The molecular formula is C8H12O4. The van der Waals surface area contributed by atoms with E-state index in [1.165, 1.54) is 0 Å². The highest BCUT2D eigenvalue weighted by molar-refractivity contribution is 5.71. The normalized spacial score (nSPS) is 32.8. The third-order valence-corrected chi connectivity index (χ3v) is 2.62. The van der Waals surface area contributed by atoms with E-state index in [9.17, 15) is 4.79 Å². The highest BCUT2D eigenvalue weighted by atomic mass is 16.7. The summed E-state index contributed by atoms with van der Waals surface area (Å²) in [6.07, 6.45) is 2.29. The molecule has 2 fully saturated rings. The van der Waals surface area contributed by atoms with Crippen LogP contribution in [-0.4, -0.2) is 30.1 Å². The highest BCUT2D eigenvalue weighted by Gasteiger charge is 2.51. The average Bonchev–Trinajstić information content (AvgIpc) is 2.61. The van der Waals surface area contributed by atoms with Gasteiger partial charge in [0.2, 0.25) is 0 Å². The van der Waals surface area contributed by atoms with Crippen LogP contribution in [0, 0.1) is 5.92 Å². The van der Waals surface area contributed by atoms with Crippen LogP contribution in [-0.2, 0) is 14.3 Å². The first-order chi connectivity index (χ1) is 5.75. The molecule has 1 saturated carbocycles. The zero-order valence-electron chi connectivity index (χ0n) is 6.78. The molecule has 2 aliphatic rings. The lowest BCUT2D eigenvalue weighted by molar-refractivity contribution is -0.195. The molecule has 0 bridgehead atoms. The Labute approximate surface area is 70.5 Å². The van der Waals surface area contributed by atoms with Gasteiger partial charge < -0.3 is 14.6 Å². The minimum atomic E-state index is -0.797. The monoisotopic (exact) mass is 172 g/mol. The topological polar surface area (TPSA) is 55.8 Å².